The summed E-state index contributed by atoms with van der Waals surface area (Å²) in [5.41, 5.74) is 5.93. The van der Waals surface area contributed by atoms with E-state index in [4.69, 9.17) is 0 Å². The fraction of sp³-hybridized carbons (Fsp3) is 0.333. The first-order valence-electron chi connectivity index (χ1n) is 6.93. The van der Waals surface area contributed by atoms with Gasteiger partial charge >= 0.3 is 0 Å². The highest BCUT2D eigenvalue weighted by Gasteiger charge is 2.04. The molecule has 0 saturated heterocycles. The van der Waals surface area contributed by atoms with Crippen molar-refractivity contribution in [1.29, 1.82) is 0 Å². The Bertz CT molecular complexity index is 480. The zero-order chi connectivity index (χ0) is 14.3. The second-order valence-corrected chi connectivity index (χ2v) is 4.87. The molecule has 0 spiro atoms. The van der Waals surface area contributed by atoms with E-state index in [0.717, 1.165) is 17.8 Å². The largest absolute Gasteiger partial charge is 0.385 e. The molecule has 1 aromatic carbocycles. The Labute approximate surface area is 117 Å². The minimum absolute atomic E-state index is 0.986. The zero-order valence-corrected chi connectivity index (χ0v) is 12.4. The van der Waals surface area contributed by atoms with Crippen molar-refractivity contribution < 1.29 is 0 Å². The summed E-state index contributed by atoms with van der Waals surface area (Å²) in [5.74, 6) is 0. The minimum Gasteiger partial charge on any atom is -0.385 e. The van der Waals surface area contributed by atoms with Crippen molar-refractivity contribution in [2.75, 3.05) is 6.54 Å². The summed E-state index contributed by atoms with van der Waals surface area (Å²) in [4.78, 5) is 0. The number of hydrogen-bond donors (Lipinski definition) is 1. The molecule has 1 N–H and O–H groups in total. The summed E-state index contributed by atoms with van der Waals surface area (Å²) < 4.78 is 0. The predicted octanol–water partition coefficient (Wildman–Crippen LogP) is 4.94. The number of allylic oxidation sites excluding steroid dienone is 3. The lowest BCUT2D eigenvalue weighted by molar-refractivity contribution is 0.745. The molecule has 0 aliphatic carbocycles. The van der Waals surface area contributed by atoms with Crippen LogP contribution in [0, 0.1) is 6.92 Å². The lowest BCUT2D eigenvalue weighted by Crippen LogP contribution is -2.12. The van der Waals surface area contributed by atoms with Gasteiger partial charge in [0.1, 0.15) is 0 Å². The van der Waals surface area contributed by atoms with Crippen molar-refractivity contribution >= 4 is 11.3 Å². The second kappa shape index (κ2) is 7.63. The first-order valence-corrected chi connectivity index (χ1v) is 6.93. The topological polar surface area (TPSA) is 12.0 Å². The van der Waals surface area contributed by atoms with Crippen molar-refractivity contribution in [3.63, 3.8) is 0 Å². The predicted molar refractivity (Wildman–Crippen MR) is 87.0 cm³/mol. The molecule has 19 heavy (non-hydrogen) atoms. The molecule has 0 fully saturated rings. The second-order valence-electron chi connectivity index (χ2n) is 4.87. The van der Waals surface area contributed by atoms with Crippen LogP contribution >= 0.6 is 0 Å². The Morgan fingerprint density at radius 2 is 2.11 bits per heavy atom. The average Bonchev–Trinajstić information content (AvgIpc) is 2.39. The molecular formula is C18H25N. The van der Waals surface area contributed by atoms with Crippen molar-refractivity contribution in [2.45, 2.75) is 33.6 Å². The number of nitrogens with one attached hydrogen (secondary N) is 1. The monoisotopic (exact) mass is 255 g/mol. The van der Waals surface area contributed by atoms with Crippen LogP contribution in [-0.2, 0) is 0 Å². The van der Waals surface area contributed by atoms with Gasteiger partial charge in [-0.3, -0.25) is 0 Å². The summed E-state index contributed by atoms with van der Waals surface area (Å²) >= 11 is 0. The van der Waals surface area contributed by atoms with E-state index in [1.165, 1.54) is 29.5 Å². The molecule has 1 aromatic rings. The lowest BCUT2D eigenvalue weighted by Gasteiger charge is -2.13. The quantitative estimate of drug-likeness (QED) is 0.537. The SMILES string of the molecule is C=C/C=C(\C)c1cc(C(=C)NCCCC)ccc1C. The molecule has 0 bridgehead atoms. The third-order valence-corrected chi connectivity index (χ3v) is 3.25. The van der Waals surface area contributed by atoms with Crippen molar-refractivity contribution in [2.24, 2.45) is 0 Å². The molecule has 0 atom stereocenters. The van der Waals surface area contributed by atoms with Crippen LogP contribution in [0.1, 0.15) is 43.4 Å². The highest BCUT2D eigenvalue weighted by Crippen LogP contribution is 2.22. The first-order chi connectivity index (χ1) is 9.10. The lowest BCUT2D eigenvalue weighted by atomic mass is 9.98. The third kappa shape index (κ3) is 4.44. The van der Waals surface area contributed by atoms with Crippen LogP contribution in [0.4, 0.5) is 0 Å². The average molecular weight is 255 g/mol. The Kier molecular flexibility index (Phi) is 6.14. The summed E-state index contributed by atoms with van der Waals surface area (Å²) in [6, 6.07) is 6.48. The van der Waals surface area contributed by atoms with Gasteiger partial charge in [0, 0.05) is 12.2 Å². The molecular weight excluding hydrogens is 230 g/mol. The maximum absolute atomic E-state index is 4.12. The molecule has 0 heterocycles. The Morgan fingerprint density at radius 3 is 2.74 bits per heavy atom. The smallest absolute Gasteiger partial charge is 0.0340 e. The van der Waals surface area contributed by atoms with Gasteiger partial charge in [-0.2, -0.15) is 0 Å². The van der Waals surface area contributed by atoms with Gasteiger partial charge in [-0.25, -0.2) is 0 Å². The van der Waals surface area contributed by atoms with E-state index in [0.29, 0.717) is 0 Å². The summed E-state index contributed by atoms with van der Waals surface area (Å²) in [6.45, 7) is 15.3. The van der Waals surface area contributed by atoms with Crippen molar-refractivity contribution in [3.8, 4) is 0 Å². The van der Waals surface area contributed by atoms with Crippen LogP contribution < -0.4 is 5.32 Å². The number of rotatable bonds is 7. The van der Waals surface area contributed by atoms with Gasteiger partial charge in [0.25, 0.3) is 0 Å². The standard InChI is InChI=1S/C18H25N/c1-6-8-12-19-16(5)17-11-10-15(4)18(13-17)14(3)9-7-2/h7,9-11,13,19H,2,5-6,8,12H2,1,3-4H3/b14-9+. The summed E-state index contributed by atoms with van der Waals surface area (Å²) in [5, 5.41) is 3.38. The van der Waals surface area contributed by atoms with E-state index >= 15 is 0 Å². The molecule has 102 valence electrons. The zero-order valence-electron chi connectivity index (χ0n) is 12.4. The Morgan fingerprint density at radius 1 is 1.37 bits per heavy atom. The molecule has 1 heteroatoms. The molecule has 0 saturated carbocycles. The van der Waals surface area contributed by atoms with E-state index in [2.05, 4.69) is 57.4 Å². The van der Waals surface area contributed by atoms with E-state index < -0.39 is 0 Å². The van der Waals surface area contributed by atoms with Gasteiger partial charge in [-0.05, 0) is 48.6 Å². The normalized spacial score (nSPS) is 11.2. The Balaban J connectivity index is 2.92. The van der Waals surface area contributed by atoms with Crippen LogP contribution in [0.5, 0.6) is 0 Å². The molecule has 1 nitrogen and oxygen atoms in total. The number of unbranched alkanes of at least 4 members (excludes halogenated alkanes) is 1. The number of benzene rings is 1. The highest BCUT2D eigenvalue weighted by atomic mass is 14.9. The first kappa shape index (κ1) is 15.3. The van der Waals surface area contributed by atoms with E-state index in [1.54, 1.807) is 0 Å². The maximum Gasteiger partial charge on any atom is 0.0340 e. The van der Waals surface area contributed by atoms with Crippen molar-refractivity contribution in [1.82, 2.24) is 5.32 Å². The van der Waals surface area contributed by atoms with E-state index in [1.807, 2.05) is 12.2 Å². The summed E-state index contributed by atoms with van der Waals surface area (Å²) in [7, 11) is 0. The third-order valence-electron chi connectivity index (χ3n) is 3.25. The number of aryl methyl sites for hydroxylation is 1. The fourth-order valence-corrected chi connectivity index (χ4v) is 2.02. The Hall–Kier alpha value is -1.76. The van der Waals surface area contributed by atoms with Crippen LogP contribution in [0.25, 0.3) is 11.3 Å². The van der Waals surface area contributed by atoms with Crippen LogP contribution in [0.15, 0.2) is 43.5 Å². The molecule has 0 aliphatic heterocycles. The highest BCUT2D eigenvalue weighted by molar-refractivity contribution is 5.72. The van der Waals surface area contributed by atoms with Crippen LogP contribution in [-0.4, -0.2) is 6.54 Å². The molecule has 0 unspecified atom stereocenters. The van der Waals surface area contributed by atoms with Gasteiger partial charge in [0.05, 0.1) is 0 Å². The van der Waals surface area contributed by atoms with E-state index in [-0.39, 0.29) is 0 Å². The fourth-order valence-electron chi connectivity index (χ4n) is 2.02. The van der Waals surface area contributed by atoms with Gasteiger partial charge in [-0.15, -0.1) is 0 Å². The van der Waals surface area contributed by atoms with Crippen LogP contribution in [0.2, 0.25) is 0 Å². The van der Waals surface area contributed by atoms with Gasteiger partial charge in [-0.1, -0.05) is 50.8 Å². The van der Waals surface area contributed by atoms with Gasteiger partial charge in [0.2, 0.25) is 0 Å². The molecule has 0 aromatic heterocycles. The minimum atomic E-state index is 0.986. The van der Waals surface area contributed by atoms with Gasteiger partial charge in [0.15, 0.2) is 0 Å². The number of hydrogen-bond acceptors (Lipinski definition) is 1. The maximum atomic E-state index is 4.12. The molecule has 0 amide bonds. The van der Waals surface area contributed by atoms with Gasteiger partial charge < -0.3 is 5.32 Å². The summed E-state index contributed by atoms with van der Waals surface area (Å²) in [6.07, 6.45) is 6.24. The van der Waals surface area contributed by atoms with Crippen LogP contribution in [0.3, 0.4) is 0 Å². The molecule has 0 radical (unpaired) electrons. The molecule has 0 aliphatic rings. The van der Waals surface area contributed by atoms with E-state index in [9.17, 15) is 0 Å². The molecule has 1 rings (SSSR count). The van der Waals surface area contributed by atoms with Crippen molar-refractivity contribution in [3.05, 3.63) is 60.2 Å².